The average molecular weight is 423 g/mol. The van der Waals surface area contributed by atoms with Crippen LogP contribution in [0.2, 0.25) is 0 Å². The van der Waals surface area contributed by atoms with Crippen molar-refractivity contribution in [2.75, 3.05) is 20.3 Å². The Labute approximate surface area is 169 Å². The maximum absolute atomic E-state index is 13.9. The predicted molar refractivity (Wildman–Crippen MR) is 103 cm³/mol. The van der Waals surface area contributed by atoms with Gasteiger partial charge in [0.25, 0.3) is 0 Å². The van der Waals surface area contributed by atoms with Crippen LogP contribution in [0.4, 0.5) is 4.39 Å². The number of hydrogen-bond donors (Lipinski definition) is 0. The second-order valence-electron chi connectivity index (χ2n) is 6.40. The number of benzene rings is 2. The van der Waals surface area contributed by atoms with Gasteiger partial charge in [0, 0.05) is 6.42 Å². The second kappa shape index (κ2) is 8.79. The molecule has 0 spiro atoms. The van der Waals surface area contributed by atoms with E-state index in [0.717, 1.165) is 4.31 Å². The highest BCUT2D eigenvalue weighted by molar-refractivity contribution is 7.89. The van der Waals surface area contributed by atoms with Crippen LogP contribution in [0, 0.1) is 5.82 Å². The third-order valence-corrected chi connectivity index (χ3v) is 6.47. The number of ether oxygens (including phenoxy) is 3. The van der Waals surface area contributed by atoms with Crippen molar-refractivity contribution in [1.29, 1.82) is 0 Å². The highest BCUT2D eigenvalue weighted by Crippen LogP contribution is 2.33. The molecule has 0 aromatic heterocycles. The van der Waals surface area contributed by atoms with E-state index in [2.05, 4.69) is 0 Å². The Kier molecular flexibility index (Phi) is 6.39. The van der Waals surface area contributed by atoms with Crippen LogP contribution in [0.5, 0.6) is 11.5 Å². The molecule has 3 rings (SSSR count). The van der Waals surface area contributed by atoms with Crippen LogP contribution in [0.25, 0.3) is 0 Å². The Bertz CT molecular complexity index is 980. The van der Waals surface area contributed by atoms with E-state index in [1.54, 1.807) is 31.2 Å². The molecule has 1 fully saturated rings. The van der Waals surface area contributed by atoms with Gasteiger partial charge in [0.2, 0.25) is 10.0 Å². The van der Waals surface area contributed by atoms with Gasteiger partial charge in [-0.1, -0.05) is 24.3 Å². The normalized spacial score (nSPS) is 19.7. The summed E-state index contributed by atoms with van der Waals surface area (Å²) in [7, 11) is -2.91. The van der Waals surface area contributed by atoms with E-state index in [9.17, 15) is 17.6 Å². The first kappa shape index (κ1) is 21.1. The van der Waals surface area contributed by atoms with E-state index >= 15 is 0 Å². The van der Waals surface area contributed by atoms with Gasteiger partial charge in [-0.25, -0.2) is 12.8 Å². The number of hydrogen-bond acceptors (Lipinski definition) is 6. The molecule has 2 atom stereocenters. The molecule has 1 aliphatic rings. The Morgan fingerprint density at radius 1 is 1.14 bits per heavy atom. The van der Waals surface area contributed by atoms with Crippen LogP contribution in [0.15, 0.2) is 53.4 Å². The van der Waals surface area contributed by atoms with Crippen molar-refractivity contribution in [3.63, 3.8) is 0 Å². The van der Waals surface area contributed by atoms with Gasteiger partial charge < -0.3 is 14.2 Å². The summed E-state index contributed by atoms with van der Waals surface area (Å²) < 4.78 is 57.5. The SMILES string of the molecule is CCOc1ccccc1S(=O)(=O)N1CC(Oc2ccccc2F)CC1C(=O)OC. The summed E-state index contributed by atoms with van der Waals surface area (Å²) in [4.78, 5) is 12.2. The number of esters is 1. The fraction of sp³-hybridized carbons (Fsp3) is 0.350. The number of sulfonamides is 1. The van der Waals surface area contributed by atoms with Gasteiger partial charge in [0.1, 0.15) is 22.8 Å². The summed E-state index contributed by atoms with van der Waals surface area (Å²) >= 11 is 0. The van der Waals surface area contributed by atoms with Crippen LogP contribution < -0.4 is 9.47 Å². The highest BCUT2D eigenvalue weighted by Gasteiger charge is 2.46. The first-order valence-electron chi connectivity index (χ1n) is 9.11. The minimum atomic E-state index is -4.10. The van der Waals surface area contributed by atoms with Crippen molar-refractivity contribution in [1.82, 2.24) is 4.31 Å². The standard InChI is InChI=1S/C20H22FNO6S/c1-3-27-18-10-6-7-11-19(18)29(24,25)22-13-14(12-16(22)20(23)26-2)28-17-9-5-4-8-15(17)21/h4-11,14,16H,3,12-13H2,1-2H3. The summed E-state index contributed by atoms with van der Waals surface area (Å²) in [6.45, 7) is 1.90. The number of halogens is 1. The first-order valence-corrected chi connectivity index (χ1v) is 10.5. The molecule has 1 heterocycles. The average Bonchev–Trinajstić information content (AvgIpc) is 3.14. The van der Waals surface area contributed by atoms with Crippen molar-refractivity contribution in [2.24, 2.45) is 0 Å². The molecule has 0 N–H and O–H groups in total. The fourth-order valence-electron chi connectivity index (χ4n) is 3.25. The molecular formula is C20H22FNO6S. The van der Waals surface area contributed by atoms with Crippen LogP contribution in [0.1, 0.15) is 13.3 Å². The highest BCUT2D eigenvalue weighted by atomic mass is 32.2. The minimum Gasteiger partial charge on any atom is -0.492 e. The molecule has 0 aliphatic carbocycles. The molecule has 156 valence electrons. The van der Waals surface area contributed by atoms with Crippen LogP contribution >= 0.6 is 0 Å². The Hall–Kier alpha value is -2.65. The lowest BCUT2D eigenvalue weighted by Gasteiger charge is -2.23. The molecule has 0 amide bonds. The number of carbonyl (C=O) groups excluding carboxylic acids is 1. The second-order valence-corrected chi connectivity index (χ2v) is 8.26. The van der Waals surface area contributed by atoms with Crippen molar-refractivity contribution >= 4 is 16.0 Å². The van der Waals surface area contributed by atoms with Gasteiger partial charge in [0.15, 0.2) is 11.6 Å². The summed E-state index contributed by atoms with van der Waals surface area (Å²) in [6, 6.07) is 10.9. The first-order chi connectivity index (χ1) is 13.9. The van der Waals surface area contributed by atoms with Crippen molar-refractivity contribution in [2.45, 2.75) is 30.4 Å². The van der Waals surface area contributed by atoms with Gasteiger partial charge in [-0.15, -0.1) is 0 Å². The topological polar surface area (TPSA) is 82.1 Å². The lowest BCUT2D eigenvalue weighted by molar-refractivity contribution is -0.144. The van der Waals surface area contributed by atoms with E-state index in [4.69, 9.17) is 14.2 Å². The monoisotopic (exact) mass is 423 g/mol. The summed E-state index contributed by atoms with van der Waals surface area (Å²) in [5.74, 6) is -1.08. The van der Waals surface area contributed by atoms with Gasteiger partial charge in [-0.05, 0) is 31.2 Å². The number of methoxy groups -OCH3 is 1. The minimum absolute atomic E-state index is 0.00456. The molecular weight excluding hydrogens is 401 g/mol. The van der Waals surface area contributed by atoms with Crippen molar-refractivity contribution in [3.8, 4) is 11.5 Å². The molecule has 7 nitrogen and oxygen atoms in total. The van der Waals surface area contributed by atoms with Gasteiger partial charge >= 0.3 is 5.97 Å². The van der Waals surface area contributed by atoms with Crippen LogP contribution in [-0.4, -0.2) is 51.1 Å². The van der Waals surface area contributed by atoms with Crippen molar-refractivity contribution in [3.05, 3.63) is 54.3 Å². The largest absolute Gasteiger partial charge is 0.492 e. The zero-order valence-corrected chi connectivity index (χ0v) is 16.9. The predicted octanol–water partition coefficient (Wildman–Crippen LogP) is 2.61. The quantitative estimate of drug-likeness (QED) is 0.637. The smallest absolute Gasteiger partial charge is 0.324 e. The van der Waals surface area contributed by atoms with Crippen molar-refractivity contribution < 1.29 is 31.8 Å². The molecule has 0 saturated carbocycles. The number of para-hydroxylation sites is 2. The van der Waals surface area contributed by atoms with E-state index < -0.39 is 34.0 Å². The molecule has 2 unspecified atom stereocenters. The molecule has 2 aromatic rings. The molecule has 29 heavy (non-hydrogen) atoms. The zero-order valence-electron chi connectivity index (χ0n) is 16.1. The zero-order chi connectivity index (χ0) is 21.0. The van der Waals surface area contributed by atoms with E-state index in [1.807, 2.05) is 0 Å². The van der Waals surface area contributed by atoms with E-state index in [1.165, 1.54) is 31.4 Å². The Balaban J connectivity index is 1.93. The lowest BCUT2D eigenvalue weighted by atomic mass is 10.2. The number of nitrogens with zero attached hydrogens (tertiary/aromatic N) is 1. The van der Waals surface area contributed by atoms with Gasteiger partial charge in [0.05, 0.1) is 20.3 Å². The van der Waals surface area contributed by atoms with Crippen LogP contribution in [-0.2, 0) is 19.6 Å². The number of rotatable bonds is 7. The molecule has 1 saturated heterocycles. The van der Waals surface area contributed by atoms with Gasteiger partial charge in [-0.3, -0.25) is 4.79 Å². The molecule has 1 aliphatic heterocycles. The fourth-order valence-corrected chi connectivity index (χ4v) is 5.01. The third-order valence-electron chi connectivity index (χ3n) is 4.56. The Morgan fingerprint density at radius 3 is 2.45 bits per heavy atom. The summed E-state index contributed by atoms with van der Waals surface area (Å²) in [5.41, 5.74) is 0. The molecule has 0 radical (unpaired) electrons. The molecule has 0 bridgehead atoms. The molecule has 9 heteroatoms. The lowest BCUT2D eigenvalue weighted by Crippen LogP contribution is -2.41. The van der Waals surface area contributed by atoms with Gasteiger partial charge in [-0.2, -0.15) is 4.31 Å². The van der Waals surface area contributed by atoms with E-state index in [0.29, 0.717) is 0 Å². The maximum atomic E-state index is 13.9. The molecule has 2 aromatic carbocycles. The maximum Gasteiger partial charge on any atom is 0.324 e. The Morgan fingerprint density at radius 2 is 1.79 bits per heavy atom. The third kappa shape index (κ3) is 4.35. The summed E-state index contributed by atoms with van der Waals surface area (Å²) in [5, 5.41) is 0. The van der Waals surface area contributed by atoms with Crippen LogP contribution in [0.3, 0.4) is 0 Å². The summed E-state index contributed by atoms with van der Waals surface area (Å²) in [6.07, 6.45) is -0.679. The van der Waals surface area contributed by atoms with E-state index in [-0.39, 0.29) is 36.0 Å². The number of carbonyl (C=O) groups is 1.